The molecular formula is C22H28N2O2. The second kappa shape index (κ2) is 8.37. The van der Waals surface area contributed by atoms with Gasteiger partial charge in [0.2, 0.25) is 5.91 Å². The minimum atomic E-state index is 0.202. The summed E-state index contributed by atoms with van der Waals surface area (Å²) >= 11 is 0. The first kappa shape index (κ1) is 18.5. The van der Waals surface area contributed by atoms with Gasteiger partial charge in [-0.15, -0.1) is 0 Å². The van der Waals surface area contributed by atoms with Gasteiger partial charge in [0.15, 0.2) is 0 Å². The van der Waals surface area contributed by atoms with E-state index in [1.54, 1.807) is 7.11 Å². The summed E-state index contributed by atoms with van der Waals surface area (Å²) < 4.78 is 5.18. The Bertz CT molecular complexity index is 703. The molecule has 1 saturated heterocycles. The van der Waals surface area contributed by atoms with E-state index in [2.05, 4.69) is 43.0 Å². The van der Waals surface area contributed by atoms with Crippen molar-refractivity contribution in [1.29, 1.82) is 0 Å². The van der Waals surface area contributed by atoms with Crippen LogP contribution in [0.3, 0.4) is 0 Å². The molecule has 0 radical (unpaired) electrons. The third kappa shape index (κ3) is 4.44. The van der Waals surface area contributed by atoms with E-state index in [-0.39, 0.29) is 5.91 Å². The van der Waals surface area contributed by atoms with Crippen molar-refractivity contribution in [3.05, 3.63) is 65.7 Å². The van der Waals surface area contributed by atoms with E-state index in [9.17, 15) is 4.79 Å². The smallest absolute Gasteiger partial charge is 0.227 e. The summed E-state index contributed by atoms with van der Waals surface area (Å²) in [5, 5.41) is 0. The van der Waals surface area contributed by atoms with Gasteiger partial charge in [-0.2, -0.15) is 0 Å². The van der Waals surface area contributed by atoms with Gasteiger partial charge in [-0.1, -0.05) is 42.5 Å². The van der Waals surface area contributed by atoms with Gasteiger partial charge in [-0.25, -0.2) is 0 Å². The minimum Gasteiger partial charge on any atom is -0.497 e. The maximum atomic E-state index is 12.8. The lowest BCUT2D eigenvalue weighted by molar-refractivity contribution is -0.135. The highest BCUT2D eigenvalue weighted by Gasteiger charge is 2.31. The van der Waals surface area contributed by atoms with Crippen LogP contribution >= 0.6 is 0 Å². The van der Waals surface area contributed by atoms with Crippen molar-refractivity contribution in [2.45, 2.75) is 38.9 Å². The number of amides is 1. The molecule has 1 fully saturated rings. The second-order valence-corrected chi connectivity index (χ2v) is 7.18. The van der Waals surface area contributed by atoms with Crippen LogP contribution in [0.5, 0.6) is 5.75 Å². The van der Waals surface area contributed by atoms with Gasteiger partial charge >= 0.3 is 0 Å². The topological polar surface area (TPSA) is 32.8 Å². The van der Waals surface area contributed by atoms with E-state index in [4.69, 9.17) is 4.74 Å². The fraction of sp³-hybridized carbons (Fsp3) is 0.409. The summed E-state index contributed by atoms with van der Waals surface area (Å²) in [5.74, 6) is 1.02. The van der Waals surface area contributed by atoms with Gasteiger partial charge in [0.25, 0.3) is 0 Å². The van der Waals surface area contributed by atoms with Crippen molar-refractivity contribution in [3.8, 4) is 5.75 Å². The summed E-state index contributed by atoms with van der Waals surface area (Å²) in [7, 11) is 1.65. The third-order valence-electron chi connectivity index (χ3n) is 5.18. The number of hydrogen-bond donors (Lipinski definition) is 0. The highest BCUT2D eigenvalue weighted by Crippen LogP contribution is 2.20. The molecule has 2 aromatic carbocycles. The number of benzene rings is 2. The lowest BCUT2D eigenvalue weighted by Crippen LogP contribution is -2.57. The molecule has 1 aliphatic heterocycles. The molecule has 1 amide bonds. The molecule has 4 heteroatoms. The fourth-order valence-corrected chi connectivity index (χ4v) is 3.70. The zero-order valence-corrected chi connectivity index (χ0v) is 15.9. The molecule has 0 spiro atoms. The molecule has 2 unspecified atom stereocenters. The molecule has 0 aliphatic carbocycles. The zero-order valence-electron chi connectivity index (χ0n) is 15.9. The Morgan fingerprint density at radius 1 is 0.962 bits per heavy atom. The van der Waals surface area contributed by atoms with E-state index in [1.165, 1.54) is 5.56 Å². The summed E-state index contributed by atoms with van der Waals surface area (Å²) in [4.78, 5) is 17.3. The molecule has 0 bridgehead atoms. The van der Waals surface area contributed by atoms with Crippen molar-refractivity contribution < 1.29 is 9.53 Å². The highest BCUT2D eigenvalue weighted by molar-refractivity contribution is 5.79. The molecule has 0 saturated carbocycles. The number of methoxy groups -OCH3 is 1. The maximum absolute atomic E-state index is 12.8. The normalized spacial score (nSPS) is 20.8. The Labute approximate surface area is 156 Å². The first-order valence-corrected chi connectivity index (χ1v) is 9.27. The number of carbonyl (C=O) groups is 1. The van der Waals surface area contributed by atoms with Crippen molar-refractivity contribution in [1.82, 2.24) is 9.80 Å². The van der Waals surface area contributed by atoms with Crippen molar-refractivity contribution in [2.24, 2.45) is 0 Å². The number of carbonyl (C=O) groups excluding carboxylic acids is 1. The average molecular weight is 352 g/mol. The molecular weight excluding hydrogens is 324 g/mol. The largest absolute Gasteiger partial charge is 0.497 e. The van der Waals surface area contributed by atoms with E-state index in [0.717, 1.165) is 30.9 Å². The lowest BCUT2D eigenvalue weighted by atomic mass is 10.0. The van der Waals surface area contributed by atoms with Crippen LogP contribution in [-0.2, 0) is 17.8 Å². The molecule has 3 rings (SSSR count). The molecule has 0 aromatic heterocycles. The molecule has 138 valence electrons. The Morgan fingerprint density at radius 2 is 1.58 bits per heavy atom. The van der Waals surface area contributed by atoms with Crippen molar-refractivity contribution >= 4 is 5.91 Å². The predicted molar refractivity (Wildman–Crippen MR) is 104 cm³/mol. The molecule has 2 atom stereocenters. The lowest BCUT2D eigenvalue weighted by Gasteiger charge is -2.44. The summed E-state index contributed by atoms with van der Waals surface area (Å²) in [6.07, 6.45) is 0.447. The standard InChI is InChI=1S/C22H28N2O2/c1-17-14-23(22(25)13-19-9-11-21(26-3)12-10-19)15-18(2)24(17)16-20-7-5-4-6-8-20/h4-12,17-18H,13-16H2,1-3H3. The van der Waals surface area contributed by atoms with Crippen LogP contribution in [-0.4, -0.2) is 48.0 Å². The van der Waals surface area contributed by atoms with E-state index in [1.807, 2.05) is 35.2 Å². The molecule has 2 aromatic rings. The molecule has 0 N–H and O–H groups in total. The zero-order chi connectivity index (χ0) is 18.5. The second-order valence-electron chi connectivity index (χ2n) is 7.18. The maximum Gasteiger partial charge on any atom is 0.227 e. The molecule has 1 heterocycles. The van der Waals surface area contributed by atoms with Crippen LogP contribution in [0.15, 0.2) is 54.6 Å². The quantitative estimate of drug-likeness (QED) is 0.827. The van der Waals surface area contributed by atoms with Crippen LogP contribution in [0.4, 0.5) is 0 Å². The van der Waals surface area contributed by atoms with E-state index in [0.29, 0.717) is 18.5 Å². The van der Waals surface area contributed by atoms with Crippen LogP contribution in [0.25, 0.3) is 0 Å². The van der Waals surface area contributed by atoms with E-state index >= 15 is 0 Å². The SMILES string of the molecule is COc1ccc(CC(=O)N2CC(C)N(Cc3ccccc3)C(C)C2)cc1. The average Bonchev–Trinajstić information content (AvgIpc) is 2.66. The van der Waals surface area contributed by atoms with E-state index < -0.39 is 0 Å². The van der Waals surface area contributed by atoms with Gasteiger partial charge in [-0.3, -0.25) is 9.69 Å². The highest BCUT2D eigenvalue weighted by atomic mass is 16.5. The van der Waals surface area contributed by atoms with Gasteiger partial charge in [0, 0.05) is 31.7 Å². The van der Waals surface area contributed by atoms with Crippen LogP contribution in [0.2, 0.25) is 0 Å². The first-order chi connectivity index (χ1) is 12.6. The number of rotatable bonds is 5. The van der Waals surface area contributed by atoms with Crippen LogP contribution in [0.1, 0.15) is 25.0 Å². The molecule has 26 heavy (non-hydrogen) atoms. The Morgan fingerprint density at radius 3 is 2.15 bits per heavy atom. The number of piperazine rings is 1. The van der Waals surface area contributed by atoms with Gasteiger partial charge in [0.1, 0.15) is 5.75 Å². The number of hydrogen-bond acceptors (Lipinski definition) is 3. The Hall–Kier alpha value is -2.33. The monoisotopic (exact) mass is 352 g/mol. The Kier molecular flexibility index (Phi) is 5.94. The molecule has 1 aliphatic rings. The summed E-state index contributed by atoms with van der Waals surface area (Å²) in [5.41, 5.74) is 2.35. The third-order valence-corrected chi connectivity index (χ3v) is 5.18. The van der Waals surface area contributed by atoms with Gasteiger partial charge in [-0.05, 0) is 37.1 Å². The first-order valence-electron chi connectivity index (χ1n) is 9.27. The molecule has 4 nitrogen and oxygen atoms in total. The van der Waals surface area contributed by atoms with Crippen molar-refractivity contribution in [2.75, 3.05) is 20.2 Å². The summed E-state index contributed by atoms with van der Waals surface area (Å²) in [6, 6.07) is 19.0. The van der Waals surface area contributed by atoms with Gasteiger partial charge in [0.05, 0.1) is 13.5 Å². The van der Waals surface area contributed by atoms with Gasteiger partial charge < -0.3 is 9.64 Å². The summed E-state index contributed by atoms with van der Waals surface area (Å²) in [6.45, 7) is 6.93. The minimum absolute atomic E-state index is 0.202. The van der Waals surface area contributed by atoms with Crippen molar-refractivity contribution in [3.63, 3.8) is 0 Å². The Balaban J connectivity index is 1.59. The van der Waals surface area contributed by atoms with Crippen LogP contribution in [0, 0.1) is 0 Å². The fourth-order valence-electron chi connectivity index (χ4n) is 3.70. The predicted octanol–water partition coefficient (Wildman–Crippen LogP) is 3.36. The number of ether oxygens (including phenoxy) is 1. The van der Waals surface area contributed by atoms with Crippen LogP contribution < -0.4 is 4.74 Å². The number of nitrogens with zero attached hydrogens (tertiary/aromatic N) is 2.